The van der Waals surface area contributed by atoms with Gasteiger partial charge in [-0.3, -0.25) is 9.78 Å². The standard InChI is InChI=1S/C21H20FN3O3/c1-12-7-15(22)4-6-17(12)14-3-5-16(23-9-14)8-20-24-18(11-28-20)21(27)25-10-19(26)13(25)2/h3-7,9,11,13,19,26H,8,10H2,1-2H3/t13-,19-/m0/s1. The van der Waals surface area contributed by atoms with Crippen molar-refractivity contribution in [2.24, 2.45) is 0 Å². The molecule has 2 atom stereocenters. The van der Waals surface area contributed by atoms with E-state index in [2.05, 4.69) is 9.97 Å². The first-order chi connectivity index (χ1) is 13.4. The zero-order chi connectivity index (χ0) is 19.8. The van der Waals surface area contributed by atoms with E-state index in [4.69, 9.17) is 4.42 Å². The van der Waals surface area contributed by atoms with E-state index < -0.39 is 6.10 Å². The molecule has 1 aromatic carbocycles. The van der Waals surface area contributed by atoms with Crippen LogP contribution in [0.3, 0.4) is 0 Å². The van der Waals surface area contributed by atoms with Crippen LogP contribution in [0.5, 0.6) is 0 Å². The summed E-state index contributed by atoms with van der Waals surface area (Å²) in [5.74, 6) is -0.111. The second kappa shape index (κ2) is 7.16. The number of carbonyl (C=O) groups is 1. The van der Waals surface area contributed by atoms with E-state index in [0.717, 1.165) is 22.4 Å². The molecule has 1 aliphatic heterocycles. The summed E-state index contributed by atoms with van der Waals surface area (Å²) in [7, 11) is 0. The third kappa shape index (κ3) is 3.41. The quantitative estimate of drug-likeness (QED) is 0.752. The number of likely N-dealkylation sites (tertiary alicyclic amines) is 1. The molecule has 7 heteroatoms. The van der Waals surface area contributed by atoms with Crippen LogP contribution < -0.4 is 0 Å². The molecule has 1 aliphatic rings. The minimum absolute atomic E-state index is 0.211. The fraction of sp³-hybridized carbons (Fsp3) is 0.286. The molecular weight excluding hydrogens is 361 g/mol. The summed E-state index contributed by atoms with van der Waals surface area (Å²) >= 11 is 0. The van der Waals surface area contributed by atoms with Gasteiger partial charge in [-0.1, -0.05) is 12.1 Å². The van der Waals surface area contributed by atoms with Crippen molar-refractivity contribution < 1.29 is 18.7 Å². The molecule has 3 heterocycles. The number of pyridine rings is 1. The van der Waals surface area contributed by atoms with Crippen LogP contribution in [-0.4, -0.2) is 44.6 Å². The topological polar surface area (TPSA) is 79.5 Å². The lowest BCUT2D eigenvalue weighted by molar-refractivity contribution is -0.0360. The third-order valence-corrected chi connectivity index (χ3v) is 5.12. The van der Waals surface area contributed by atoms with Crippen molar-refractivity contribution in [2.45, 2.75) is 32.4 Å². The van der Waals surface area contributed by atoms with E-state index in [0.29, 0.717) is 18.9 Å². The molecule has 1 fully saturated rings. The van der Waals surface area contributed by atoms with Gasteiger partial charge in [-0.2, -0.15) is 0 Å². The number of aryl methyl sites for hydroxylation is 1. The molecule has 0 spiro atoms. The van der Waals surface area contributed by atoms with Crippen LogP contribution in [0.4, 0.5) is 4.39 Å². The highest BCUT2D eigenvalue weighted by Crippen LogP contribution is 2.24. The SMILES string of the molecule is Cc1cc(F)ccc1-c1ccc(Cc2nc(C(=O)N3C[C@H](O)[C@@H]3C)co2)nc1. The fourth-order valence-electron chi connectivity index (χ4n) is 3.29. The molecule has 2 aromatic heterocycles. The van der Waals surface area contributed by atoms with Crippen molar-refractivity contribution in [3.8, 4) is 11.1 Å². The molecule has 4 rings (SSSR count). The number of aliphatic hydroxyl groups excluding tert-OH is 1. The average molecular weight is 381 g/mol. The van der Waals surface area contributed by atoms with Crippen molar-refractivity contribution in [3.05, 3.63) is 71.5 Å². The number of β-amino-alcohol motifs (C(OH)–C–C–N with tert-alkyl or cyclic N) is 1. The zero-order valence-corrected chi connectivity index (χ0v) is 15.6. The Labute approximate surface area is 161 Å². The Balaban J connectivity index is 1.45. The maximum absolute atomic E-state index is 13.3. The molecular formula is C21H20FN3O3. The predicted octanol–water partition coefficient (Wildman–Crippen LogP) is 2.98. The van der Waals surface area contributed by atoms with Gasteiger partial charge in [0.1, 0.15) is 12.1 Å². The summed E-state index contributed by atoms with van der Waals surface area (Å²) in [6.07, 6.45) is 2.94. The Morgan fingerprint density at radius 3 is 2.82 bits per heavy atom. The number of benzene rings is 1. The summed E-state index contributed by atoms with van der Waals surface area (Å²) < 4.78 is 18.7. The summed E-state index contributed by atoms with van der Waals surface area (Å²) in [5.41, 5.74) is 3.64. The predicted molar refractivity (Wildman–Crippen MR) is 100 cm³/mol. The van der Waals surface area contributed by atoms with Gasteiger partial charge in [0.2, 0.25) is 5.89 Å². The van der Waals surface area contributed by atoms with Crippen molar-refractivity contribution in [1.29, 1.82) is 0 Å². The van der Waals surface area contributed by atoms with E-state index in [1.807, 2.05) is 19.1 Å². The van der Waals surface area contributed by atoms with Crippen LogP contribution in [0.15, 0.2) is 47.2 Å². The smallest absolute Gasteiger partial charge is 0.276 e. The first-order valence-electron chi connectivity index (χ1n) is 9.07. The zero-order valence-electron chi connectivity index (χ0n) is 15.6. The van der Waals surface area contributed by atoms with Crippen LogP contribution >= 0.6 is 0 Å². The monoisotopic (exact) mass is 381 g/mol. The summed E-state index contributed by atoms with van der Waals surface area (Å²) in [6.45, 7) is 3.96. The molecule has 28 heavy (non-hydrogen) atoms. The van der Waals surface area contributed by atoms with Gasteiger partial charge in [0, 0.05) is 24.0 Å². The largest absolute Gasteiger partial charge is 0.448 e. The van der Waals surface area contributed by atoms with Gasteiger partial charge in [-0.15, -0.1) is 0 Å². The summed E-state index contributed by atoms with van der Waals surface area (Å²) in [4.78, 5) is 22.6. The lowest BCUT2D eigenvalue weighted by Gasteiger charge is -2.42. The van der Waals surface area contributed by atoms with Crippen molar-refractivity contribution in [1.82, 2.24) is 14.9 Å². The lowest BCUT2D eigenvalue weighted by Crippen LogP contribution is -2.60. The molecule has 0 unspecified atom stereocenters. The molecule has 6 nitrogen and oxygen atoms in total. The van der Waals surface area contributed by atoms with Crippen LogP contribution in [0.2, 0.25) is 0 Å². The Hall–Kier alpha value is -3.06. The first-order valence-corrected chi connectivity index (χ1v) is 9.07. The van der Waals surface area contributed by atoms with E-state index in [9.17, 15) is 14.3 Å². The molecule has 0 saturated carbocycles. The molecule has 1 amide bonds. The molecule has 0 radical (unpaired) electrons. The Bertz CT molecular complexity index is 1020. The summed E-state index contributed by atoms with van der Waals surface area (Å²) in [6, 6.07) is 8.22. The second-order valence-corrected chi connectivity index (χ2v) is 7.07. The molecule has 1 N–H and O–H groups in total. The number of oxazole rings is 1. The number of halogens is 1. The first kappa shape index (κ1) is 18.3. The van der Waals surface area contributed by atoms with Gasteiger partial charge < -0.3 is 14.4 Å². The number of aliphatic hydroxyl groups is 1. The number of carbonyl (C=O) groups excluding carboxylic acids is 1. The fourth-order valence-corrected chi connectivity index (χ4v) is 3.29. The Morgan fingerprint density at radius 2 is 2.18 bits per heavy atom. The third-order valence-electron chi connectivity index (χ3n) is 5.12. The maximum atomic E-state index is 13.3. The van der Waals surface area contributed by atoms with Crippen LogP contribution in [0.1, 0.15) is 34.6 Å². The molecule has 144 valence electrons. The van der Waals surface area contributed by atoms with Gasteiger partial charge in [0.25, 0.3) is 5.91 Å². The van der Waals surface area contributed by atoms with E-state index in [1.54, 1.807) is 24.1 Å². The van der Waals surface area contributed by atoms with Crippen LogP contribution in [0.25, 0.3) is 11.1 Å². The van der Waals surface area contributed by atoms with E-state index in [-0.39, 0.29) is 23.5 Å². The van der Waals surface area contributed by atoms with Gasteiger partial charge >= 0.3 is 0 Å². The molecule has 0 bridgehead atoms. The number of hydrogen-bond acceptors (Lipinski definition) is 5. The van der Waals surface area contributed by atoms with Gasteiger partial charge in [-0.25, -0.2) is 9.37 Å². The van der Waals surface area contributed by atoms with E-state index >= 15 is 0 Å². The van der Waals surface area contributed by atoms with Gasteiger partial charge in [-0.05, 0) is 43.2 Å². The van der Waals surface area contributed by atoms with Crippen molar-refractivity contribution in [3.63, 3.8) is 0 Å². The number of amides is 1. The molecule has 3 aromatic rings. The van der Waals surface area contributed by atoms with Crippen LogP contribution in [-0.2, 0) is 6.42 Å². The minimum atomic E-state index is -0.484. The highest BCUT2D eigenvalue weighted by atomic mass is 19.1. The van der Waals surface area contributed by atoms with Crippen molar-refractivity contribution in [2.75, 3.05) is 6.54 Å². The summed E-state index contributed by atoms with van der Waals surface area (Å²) in [5, 5.41) is 9.55. The van der Waals surface area contributed by atoms with E-state index in [1.165, 1.54) is 18.4 Å². The average Bonchev–Trinajstić information content (AvgIpc) is 3.15. The van der Waals surface area contributed by atoms with Gasteiger partial charge in [0.05, 0.1) is 18.6 Å². The Kier molecular flexibility index (Phi) is 4.68. The normalized spacial score (nSPS) is 18.8. The van der Waals surface area contributed by atoms with Crippen molar-refractivity contribution >= 4 is 5.91 Å². The highest BCUT2D eigenvalue weighted by molar-refractivity contribution is 5.92. The number of rotatable bonds is 4. The second-order valence-electron chi connectivity index (χ2n) is 7.07. The Morgan fingerprint density at radius 1 is 1.36 bits per heavy atom. The highest BCUT2D eigenvalue weighted by Gasteiger charge is 2.38. The molecule has 0 aliphatic carbocycles. The minimum Gasteiger partial charge on any atom is -0.448 e. The van der Waals surface area contributed by atoms with Gasteiger partial charge in [0.15, 0.2) is 5.69 Å². The number of nitrogens with zero attached hydrogens (tertiary/aromatic N) is 3. The number of aromatic nitrogens is 2. The lowest BCUT2D eigenvalue weighted by atomic mass is 10.0. The van der Waals surface area contributed by atoms with Crippen LogP contribution in [0, 0.1) is 12.7 Å². The molecule has 1 saturated heterocycles. The number of hydrogen-bond donors (Lipinski definition) is 1. The maximum Gasteiger partial charge on any atom is 0.276 e.